The van der Waals surface area contributed by atoms with Crippen LogP contribution in [-0.2, 0) is 6.11 Å². The van der Waals surface area contributed by atoms with Crippen molar-refractivity contribution in [3.05, 3.63) is 113 Å². The molecule has 0 atom stereocenters. The summed E-state index contributed by atoms with van der Waals surface area (Å²) in [6.07, 6.45) is 0.311. The smallest absolute Gasteiger partial charge is 0.429 e. The van der Waals surface area contributed by atoms with Crippen LogP contribution < -0.4 is 4.74 Å². The summed E-state index contributed by atoms with van der Waals surface area (Å²) in [4.78, 5) is 0. The number of halogens is 9. The summed E-state index contributed by atoms with van der Waals surface area (Å²) < 4.78 is 134. The standard InChI is InChI=1S/C33H25F9O/c1-2-17-3-5-18(6-4-17)19-7-9-23(25(34)11-19)20-12-27(36)31(28(37)13-20)33(41,42)43-22-8-10-24(26(35)16-22)21-14-29(38)32(40)30(39)15-21/h7-18H,2-6H2,1H3. The van der Waals surface area contributed by atoms with Crippen molar-refractivity contribution in [3.8, 4) is 28.0 Å². The van der Waals surface area contributed by atoms with Crippen molar-refractivity contribution in [3.63, 3.8) is 0 Å². The van der Waals surface area contributed by atoms with Gasteiger partial charge in [0.25, 0.3) is 0 Å². The summed E-state index contributed by atoms with van der Waals surface area (Å²) in [5.74, 6) is -10.5. The van der Waals surface area contributed by atoms with Crippen molar-refractivity contribution >= 4 is 0 Å². The Morgan fingerprint density at radius 3 is 1.65 bits per heavy atom. The lowest BCUT2D eigenvalue weighted by Crippen LogP contribution is -2.25. The van der Waals surface area contributed by atoms with Gasteiger partial charge >= 0.3 is 6.11 Å². The molecular weight excluding hydrogens is 583 g/mol. The van der Waals surface area contributed by atoms with Crippen LogP contribution in [0.25, 0.3) is 22.3 Å². The zero-order valence-electron chi connectivity index (χ0n) is 22.8. The topological polar surface area (TPSA) is 9.23 Å². The first kappa shape index (κ1) is 30.5. The molecule has 226 valence electrons. The third-order valence-electron chi connectivity index (χ3n) is 8.01. The van der Waals surface area contributed by atoms with Crippen LogP contribution >= 0.6 is 0 Å². The number of alkyl halides is 2. The van der Waals surface area contributed by atoms with E-state index in [-0.39, 0.29) is 17.0 Å². The van der Waals surface area contributed by atoms with Crippen molar-refractivity contribution in [1.29, 1.82) is 0 Å². The zero-order valence-corrected chi connectivity index (χ0v) is 22.8. The summed E-state index contributed by atoms with van der Waals surface area (Å²) in [6.45, 7) is 2.13. The molecule has 0 heterocycles. The van der Waals surface area contributed by atoms with Crippen LogP contribution in [0.5, 0.6) is 5.75 Å². The fraction of sp³-hybridized carbons (Fsp3) is 0.273. The Morgan fingerprint density at radius 2 is 1.14 bits per heavy atom. The Hall–Kier alpha value is -3.95. The van der Waals surface area contributed by atoms with Gasteiger partial charge in [-0.15, -0.1) is 0 Å². The quantitative estimate of drug-likeness (QED) is 0.150. The minimum Gasteiger partial charge on any atom is -0.429 e. The predicted octanol–water partition coefficient (Wildman–Crippen LogP) is 10.8. The van der Waals surface area contributed by atoms with Gasteiger partial charge in [-0.05, 0) is 96.7 Å². The first-order chi connectivity index (χ1) is 20.4. The molecule has 0 N–H and O–H groups in total. The van der Waals surface area contributed by atoms with E-state index < -0.39 is 69.3 Å². The van der Waals surface area contributed by atoms with Gasteiger partial charge in [-0.2, -0.15) is 8.78 Å². The largest absolute Gasteiger partial charge is 0.432 e. The lowest BCUT2D eigenvalue weighted by molar-refractivity contribution is -0.189. The van der Waals surface area contributed by atoms with Crippen LogP contribution in [-0.4, -0.2) is 0 Å². The Morgan fingerprint density at radius 1 is 0.628 bits per heavy atom. The van der Waals surface area contributed by atoms with E-state index in [1.54, 1.807) is 6.07 Å². The lowest BCUT2D eigenvalue weighted by atomic mass is 9.77. The first-order valence-corrected chi connectivity index (χ1v) is 13.7. The highest BCUT2D eigenvalue weighted by Gasteiger charge is 2.41. The van der Waals surface area contributed by atoms with Crippen molar-refractivity contribution in [2.24, 2.45) is 5.92 Å². The molecule has 10 heteroatoms. The molecule has 0 bridgehead atoms. The van der Waals surface area contributed by atoms with Crippen molar-refractivity contribution < 1.29 is 44.3 Å². The molecule has 0 aliphatic heterocycles. The van der Waals surface area contributed by atoms with Crippen molar-refractivity contribution in [1.82, 2.24) is 0 Å². The van der Waals surface area contributed by atoms with Gasteiger partial charge in [-0.3, -0.25) is 0 Å². The Labute approximate surface area is 241 Å². The third kappa shape index (κ3) is 6.24. The van der Waals surface area contributed by atoms with Gasteiger partial charge in [0.2, 0.25) is 0 Å². The monoisotopic (exact) mass is 608 g/mol. The summed E-state index contributed by atoms with van der Waals surface area (Å²) in [5, 5.41) is 0. The van der Waals surface area contributed by atoms with Gasteiger partial charge in [0, 0.05) is 17.2 Å². The lowest BCUT2D eigenvalue weighted by Gasteiger charge is -2.28. The predicted molar refractivity (Wildman–Crippen MR) is 143 cm³/mol. The Balaban J connectivity index is 1.37. The third-order valence-corrected chi connectivity index (χ3v) is 8.01. The van der Waals surface area contributed by atoms with Crippen LogP contribution in [0, 0.1) is 46.6 Å². The molecule has 4 aromatic rings. The first-order valence-electron chi connectivity index (χ1n) is 13.7. The summed E-state index contributed by atoms with van der Waals surface area (Å²) in [7, 11) is 0. The second-order valence-electron chi connectivity index (χ2n) is 10.7. The van der Waals surface area contributed by atoms with E-state index in [1.165, 1.54) is 12.1 Å². The van der Waals surface area contributed by atoms with Gasteiger partial charge < -0.3 is 4.74 Å². The van der Waals surface area contributed by atoms with E-state index in [4.69, 9.17) is 0 Å². The normalized spacial score (nSPS) is 17.3. The van der Waals surface area contributed by atoms with Crippen molar-refractivity contribution in [2.45, 2.75) is 51.1 Å². The molecule has 4 aromatic carbocycles. The molecule has 1 aliphatic rings. The molecule has 0 aromatic heterocycles. The highest BCUT2D eigenvalue weighted by Crippen LogP contribution is 2.41. The molecule has 0 saturated heterocycles. The molecular formula is C33H25F9O. The SMILES string of the molecule is CCC1CCC(c2ccc(-c3cc(F)c(C(F)(F)Oc4ccc(-c5cc(F)c(F)c(F)c5)c(F)c4)c(F)c3)c(F)c2)CC1. The number of hydrogen-bond donors (Lipinski definition) is 0. The van der Waals surface area contributed by atoms with Gasteiger partial charge in [0.15, 0.2) is 17.5 Å². The highest BCUT2D eigenvalue weighted by molar-refractivity contribution is 5.66. The fourth-order valence-electron chi connectivity index (χ4n) is 5.63. The van der Waals surface area contributed by atoms with Crippen LogP contribution in [0.2, 0.25) is 0 Å². The molecule has 1 fully saturated rings. The average molecular weight is 609 g/mol. The Kier molecular flexibility index (Phi) is 8.49. The van der Waals surface area contributed by atoms with Gasteiger partial charge in [-0.25, -0.2) is 30.7 Å². The molecule has 1 saturated carbocycles. The fourth-order valence-corrected chi connectivity index (χ4v) is 5.63. The molecule has 0 amide bonds. The highest BCUT2D eigenvalue weighted by atomic mass is 19.3. The zero-order chi connectivity index (χ0) is 31.1. The second kappa shape index (κ2) is 12.0. The summed E-state index contributed by atoms with van der Waals surface area (Å²) >= 11 is 0. The molecule has 1 aliphatic carbocycles. The number of benzene rings is 4. The second-order valence-corrected chi connectivity index (χ2v) is 10.7. The number of hydrogen-bond acceptors (Lipinski definition) is 1. The molecule has 5 rings (SSSR count). The van der Waals surface area contributed by atoms with Crippen LogP contribution in [0.15, 0.2) is 60.7 Å². The average Bonchev–Trinajstić information content (AvgIpc) is 2.95. The molecule has 0 spiro atoms. The minimum atomic E-state index is -4.64. The van der Waals surface area contributed by atoms with Gasteiger partial charge in [-0.1, -0.05) is 25.5 Å². The minimum absolute atomic E-state index is 0.162. The maximum atomic E-state index is 15.1. The van der Waals surface area contributed by atoms with E-state index in [0.717, 1.165) is 49.8 Å². The number of ether oxygens (including phenoxy) is 1. The maximum absolute atomic E-state index is 15.1. The van der Waals surface area contributed by atoms with Crippen LogP contribution in [0.4, 0.5) is 39.5 Å². The molecule has 43 heavy (non-hydrogen) atoms. The molecule has 0 radical (unpaired) electrons. The summed E-state index contributed by atoms with van der Waals surface area (Å²) in [5.41, 5.74) is -2.40. The maximum Gasteiger partial charge on any atom is 0.432 e. The van der Waals surface area contributed by atoms with Crippen molar-refractivity contribution in [2.75, 3.05) is 0 Å². The van der Waals surface area contributed by atoms with E-state index in [9.17, 15) is 35.1 Å². The van der Waals surface area contributed by atoms with E-state index in [2.05, 4.69) is 11.7 Å². The van der Waals surface area contributed by atoms with Crippen LogP contribution in [0.1, 0.15) is 56.1 Å². The van der Waals surface area contributed by atoms with Gasteiger partial charge in [0.05, 0.1) is 0 Å². The number of rotatable bonds is 7. The van der Waals surface area contributed by atoms with Crippen LogP contribution in [0.3, 0.4) is 0 Å². The summed E-state index contributed by atoms with van der Waals surface area (Å²) in [6, 6.07) is 8.48. The van der Waals surface area contributed by atoms with E-state index in [1.807, 2.05) is 0 Å². The van der Waals surface area contributed by atoms with Gasteiger partial charge in [0.1, 0.15) is 34.6 Å². The van der Waals surface area contributed by atoms with E-state index in [0.29, 0.717) is 36.2 Å². The Bertz CT molecular complexity index is 1610. The molecule has 1 nitrogen and oxygen atoms in total. The van der Waals surface area contributed by atoms with E-state index >= 15 is 4.39 Å². The molecule has 0 unspecified atom stereocenters.